The van der Waals surface area contributed by atoms with E-state index < -0.39 is 59.4 Å². The fourth-order valence-corrected chi connectivity index (χ4v) is 5.51. The first-order valence-electron chi connectivity index (χ1n) is 13.6. The van der Waals surface area contributed by atoms with Gasteiger partial charge in [0.25, 0.3) is 0 Å². The van der Waals surface area contributed by atoms with E-state index in [9.17, 15) is 30.7 Å². The van der Waals surface area contributed by atoms with Crippen LogP contribution >= 0.6 is 0 Å². The Balaban J connectivity index is 1.40. The Morgan fingerprint density at radius 2 is 1.45 bits per heavy atom. The van der Waals surface area contributed by atoms with E-state index in [4.69, 9.17) is 14.2 Å². The van der Waals surface area contributed by atoms with Crippen molar-refractivity contribution in [2.24, 2.45) is 17.8 Å². The summed E-state index contributed by atoms with van der Waals surface area (Å²) in [6.45, 7) is 1.69. The second kappa shape index (κ2) is 13.4. The molecule has 1 aliphatic carbocycles. The maximum atomic E-state index is 14.8. The lowest BCUT2D eigenvalue weighted by Crippen LogP contribution is -2.34. The minimum atomic E-state index is -4.63. The highest BCUT2D eigenvalue weighted by Crippen LogP contribution is 2.41. The molecule has 0 amide bonds. The lowest BCUT2D eigenvalue weighted by molar-refractivity contribution is -0.215. The molecule has 0 radical (unpaired) electrons. The summed E-state index contributed by atoms with van der Waals surface area (Å²) in [5.74, 6) is -6.71. The van der Waals surface area contributed by atoms with Crippen molar-refractivity contribution in [3.8, 4) is 11.5 Å². The van der Waals surface area contributed by atoms with Gasteiger partial charge in [0.15, 0.2) is 23.7 Å². The second-order valence-electron chi connectivity index (χ2n) is 10.4. The van der Waals surface area contributed by atoms with Crippen LogP contribution in [0.4, 0.5) is 30.7 Å². The summed E-state index contributed by atoms with van der Waals surface area (Å²) in [5, 5.41) is 0. The van der Waals surface area contributed by atoms with Gasteiger partial charge in [0.05, 0.1) is 26.5 Å². The van der Waals surface area contributed by atoms with Crippen LogP contribution in [0.5, 0.6) is 11.5 Å². The Kier molecular flexibility index (Phi) is 10.2. The molecule has 0 spiro atoms. The van der Waals surface area contributed by atoms with Gasteiger partial charge in [-0.05, 0) is 36.8 Å². The molecule has 2 aliphatic rings. The van der Waals surface area contributed by atoms with Gasteiger partial charge < -0.3 is 18.9 Å². The van der Waals surface area contributed by atoms with Gasteiger partial charge in [-0.2, -0.15) is 8.78 Å². The fraction of sp³-hybridized carbons (Fsp3) is 0.586. The Morgan fingerprint density at radius 3 is 2.00 bits per heavy atom. The monoisotopic (exact) mass is 578 g/mol. The average molecular weight is 579 g/mol. The number of ether oxygens (including phenoxy) is 4. The molecule has 1 saturated heterocycles. The van der Waals surface area contributed by atoms with Gasteiger partial charge >= 0.3 is 6.11 Å². The van der Waals surface area contributed by atoms with Gasteiger partial charge in [-0.15, -0.1) is 0 Å². The van der Waals surface area contributed by atoms with Crippen molar-refractivity contribution in [3.63, 3.8) is 0 Å². The van der Waals surface area contributed by atoms with Crippen LogP contribution in [0.25, 0.3) is 0 Å². The molecule has 2 aromatic rings. The predicted molar refractivity (Wildman–Crippen MR) is 132 cm³/mol. The van der Waals surface area contributed by atoms with Crippen molar-refractivity contribution in [2.45, 2.75) is 64.3 Å². The topological polar surface area (TPSA) is 36.9 Å². The van der Waals surface area contributed by atoms with Crippen LogP contribution < -0.4 is 9.47 Å². The highest BCUT2D eigenvalue weighted by Gasteiger charge is 2.42. The summed E-state index contributed by atoms with van der Waals surface area (Å²) in [6.07, 6.45) is 0.952. The van der Waals surface area contributed by atoms with Crippen molar-refractivity contribution in [1.82, 2.24) is 0 Å². The highest BCUT2D eigenvalue weighted by atomic mass is 19.3. The van der Waals surface area contributed by atoms with Crippen LogP contribution in [0.15, 0.2) is 24.3 Å². The van der Waals surface area contributed by atoms with E-state index >= 15 is 0 Å². The molecule has 0 unspecified atom stereocenters. The van der Waals surface area contributed by atoms with Gasteiger partial charge in [-0.1, -0.05) is 32.6 Å². The van der Waals surface area contributed by atoms with Gasteiger partial charge in [-0.3, -0.25) is 4.39 Å². The summed E-state index contributed by atoms with van der Waals surface area (Å²) >= 11 is 0. The van der Waals surface area contributed by atoms with Gasteiger partial charge in [0.1, 0.15) is 22.9 Å². The largest absolute Gasteiger partial charge is 0.488 e. The third kappa shape index (κ3) is 7.21. The zero-order chi connectivity index (χ0) is 28.9. The molecule has 1 heterocycles. The molecule has 222 valence electrons. The van der Waals surface area contributed by atoms with E-state index in [0.717, 1.165) is 31.6 Å². The van der Waals surface area contributed by atoms with Crippen LogP contribution in [0.2, 0.25) is 0 Å². The van der Waals surface area contributed by atoms with E-state index in [1.807, 2.05) is 0 Å². The molecule has 0 bridgehead atoms. The zero-order valence-corrected chi connectivity index (χ0v) is 22.2. The third-order valence-electron chi connectivity index (χ3n) is 7.55. The molecule has 4 rings (SSSR count). The predicted octanol–water partition coefficient (Wildman–Crippen LogP) is 8.38. The Morgan fingerprint density at radius 1 is 0.850 bits per heavy atom. The molecule has 40 heavy (non-hydrogen) atoms. The SMILES string of the molecule is CCCC1CCC(C2COC(c3cc(F)c(C(F)(F)Oc4cc(F)c(OCCCF)c(F)c4)c(F)c3)OC2)CC1. The molecule has 2 fully saturated rings. The first-order chi connectivity index (χ1) is 19.1. The van der Waals surface area contributed by atoms with E-state index in [1.165, 1.54) is 12.8 Å². The number of hydrogen-bond acceptors (Lipinski definition) is 4. The normalized spacial score (nSPS) is 23.7. The highest BCUT2D eigenvalue weighted by molar-refractivity contribution is 5.36. The van der Waals surface area contributed by atoms with Gasteiger partial charge in [0, 0.05) is 30.0 Å². The van der Waals surface area contributed by atoms with Crippen LogP contribution in [0.1, 0.15) is 69.3 Å². The minimum absolute atomic E-state index is 0.119. The quantitative estimate of drug-likeness (QED) is 0.198. The summed E-state index contributed by atoms with van der Waals surface area (Å²) in [6, 6.07) is 2.09. The Bertz CT molecular complexity index is 1080. The number of alkyl halides is 3. The fourth-order valence-electron chi connectivity index (χ4n) is 5.51. The minimum Gasteiger partial charge on any atom is -0.488 e. The van der Waals surface area contributed by atoms with Crippen molar-refractivity contribution in [3.05, 3.63) is 58.7 Å². The average Bonchev–Trinajstić information content (AvgIpc) is 2.90. The molecule has 4 nitrogen and oxygen atoms in total. The molecule has 0 aromatic heterocycles. The van der Waals surface area contributed by atoms with E-state index in [-0.39, 0.29) is 24.5 Å². The molecule has 2 aromatic carbocycles. The Hall–Kier alpha value is -2.53. The molecule has 0 N–H and O–H groups in total. The lowest BCUT2D eigenvalue weighted by atomic mass is 9.75. The summed E-state index contributed by atoms with van der Waals surface area (Å²) in [7, 11) is 0. The standard InChI is InChI=1S/C29H33F7O4/c1-2-4-17-5-7-18(8-6-17)20-15-38-28(39-16-20)19-11-22(31)26(23(32)12-19)29(35,36)40-21-13-24(33)27(25(34)14-21)37-10-3-9-30/h11-14,17-18,20,28H,2-10,15-16H2,1H3. The maximum absolute atomic E-state index is 14.8. The Labute approximate surface area is 228 Å². The van der Waals surface area contributed by atoms with Gasteiger partial charge in [0.2, 0.25) is 0 Å². The first-order valence-corrected chi connectivity index (χ1v) is 13.6. The molecule has 1 saturated carbocycles. The van der Waals surface area contributed by atoms with E-state index in [2.05, 4.69) is 11.7 Å². The van der Waals surface area contributed by atoms with E-state index in [1.54, 1.807) is 0 Å². The van der Waals surface area contributed by atoms with Gasteiger partial charge in [-0.25, -0.2) is 17.6 Å². The van der Waals surface area contributed by atoms with Crippen molar-refractivity contribution < 1.29 is 49.7 Å². The second-order valence-corrected chi connectivity index (χ2v) is 10.4. The molecule has 11 heteroatoms. The number of rotatable bonds is 11. The first kappa shape index (κ1) is 30.4. The number of benzene rings is 2. The molecule has 1 aliphatic heterocycles. The molecular weight excluding hydrogens is 545 g/mol. The third-order valence-corrected chi connectivity index (χ3v) is 7.55. The number of hydrogen-bond donors (Lipinski definition) is 0. The maximum Gasteiger partial charge on any atom is 0.432 e. The number of halogens is 7. The summed E-state index contributed by atoms with van der Waals surface area (Å²) in [4.78, 5) is 0. The van der Waals surface area contributed by atoms with Crippen molar-refractivity contribution >= 4 is 0 Å². The van der Waals surface area contributed by atoms with Crippen LogP contribution in [0, 0.1) is 41.0 Å². The lowest BCUT2D eigenvalue weighted by Gasteiger charge is -2.38. The summed E-state index contributed by atoms with van der Waals surface area (Å²) < 4.78 is 120. The molecule has 0 atom stereocenters. The molecular formula is C29H33F7O4. The van der Waals surface area contributed by atoms with Crippen LogP contribution in [-0.4, -0.2) is 26.5 Å². The van der Waals surface area contributed by atoms with Crippen molar-refractivity contribution in [1.29, 1.82) is 0 Å². The summed E-state index contributed by atoms with van der Waals surface area (Å²) in [5.41, 5.74) is -1.86. The van der Waals surface area contributed by atoms with Crippen LogP contribution in [0.3, 0.4) is 0 Å². The van der Waals surface area contributed by atoms with E-state index in [0.29, 0.717) is 43.4 Å². The van der Waals surface area contributed by atoms with Crippen LogP contribution in [-0.2, 0) is 15.6 Å². The van der Waals surface area contributed by atoms with Crippen molar-refractivity contribution in [2.75, 3.05) is 26.5 Å². The smallest absolute Gasteiger partial charge is 0.432 e. The zero-order valence-electron chi connectivity index (χ0n) is 22.2.